The average molecular weight is 489 g/mol. The van der Waals surface area contributed by atoms with Gasteiger partial charge in [0, 0.05) is 17.2 Å². The third kappa shape index (κ3) is 4.07. The molecule has 0 fully saturated rings. The van der Waals surface area contributed by atoms with Gasteiger partial charge < -0.3 is 14.2 Å². The minimum atomic E-state index is -0.375. The lowest BCUT2D eigenvalue weighted by Gasteiger charge is -2.23. The summed E-state index contributed by atoms with van der Waals surface area (Å²) in [6, 6.07) is 15.8. The first kappa shape index (κ1) is 22.2. The molecule has 6 nitrogen and oxygen atoms in total. The van der Waals surface area contributed by atoms with Crippen LogP contribution in [0.2, 0.25) is 10.0 Å². The molecule has 164 valence electrons. The molecule has 1 heterocycles. The molecule has 4 rings (SSSR count). The number of amides is 1. The van der Waals surface area contributed by atoms with Crippen molar-refractivity contribution < 1.29 is 19.0 Å². The van der Waals surface area contributed by atoms with Crippen LogP contribution in [0.25, 0.3) is 10.2 Å². The van der Waals surface area contributed by atoms with Crippen molar-refractivity contribution in [1.82, 2.24) is 4.98 Å². The number of aromatic nitrogens is 1. The van der Waals surface area contributed by atoms with Crippen molar-refractivity contribution in [2.75, 3.05) is 26.2 Å². The number of hydrogen-bond acceptors (Lipinski definition) is 6. The second kappa shape index (κ2) is 9.24. The van der Waals surface area contributed by atoms with Crippen LogP contribution in [0.4, 0.5) is 10.8 Å². The van der Waals surface area contributed by atoms with E-state index >= 15 is 0 Å². The molecule has 0 atom stereocenters. The third-order valence-corrected chi connectivity index (χ3v) is 6.32. The van der Waals surface area contributed by atoms with E-state index in [2.05, 4.69) is 4.98 Å². The predicted molar refractivity (Wildman–Crippen MR) is 129 cm³/mol. The maximum Gasteiger partial charge on any atom is 0.266 e. The molecule has 0 aliphatic rings. The summed E-state index contributed by atoms with van der Waals surface area (Å²) in [4.78, 5) is 19.9. The number of anilines is 2. The number of fused-ring (bicyclic) bond motifs is 1. The number of nitrogens with zero attached hydrogens (tertiary/aromatic N) is 2. The van der Waals surface area contributed by atoms with Crippen molar-refractivity contribution >= 4 is 61.5 Å². The van der Waals surface area contributed by atoms with Crippen LogP contribution in [-0.2, 0) is 0 Å². The lowest BCUT2D eigenvalue weighted by atomic mass is 10.1. The van der Waals surface area contributed by atoms with Gasteiger partial charge in [0.05, 0.1) is 47.8 Å². The number of ether oxygens (including phenoxy) is 3. The van der Waals surface area contributed by atoms with Crippen LogP contribution in [0.1, 0.15) is 10.4 Å². The predicted octanol–water partition coefficient (Wildman–Crippen LogP) is 6.61. The fourth-order valence-electron chi connectivity index (χ4n) is 3.25. The van der Waals surface area contributed by atoms with E-state index in [0.717, 1.165) is 10.2 Å². The summed E-state index contributed by atoms with van der Waals surface area (Å²) in [5, 5.41) is 1.14. The molecule has 9 heteroatoms. The molecule has 4 aromatic rings. The molecule has 0 aliphatic carbocycles. The van der Waals surface area contributed by atoms with Gasteiger partial charge >= 0.3 is 0 Å². The van der Waals surface area contributed by atoms with Crippen LogP contribution in [-0.4, -0.2) is 32.2 Å². The molecular weight excluding hydrogens is 471 g/mol. The molecule has 3 aromatic carbocycles. The fourth-order valence-corrected chi connectivity index (χ4v) is 4.72. The summed E-state index contributed by atoms with van der Waals surface area (Å²) in [6.45, 7) is 0. The first-order valence-corrected chi connectivity index (χ1v) is 11.0. The number of methoxy groups -OCH3 is 3. The van der Waals surface area contributed by atoms with Gasteiger partial charge in [-0.1, -0.05) is 46.7 Å². The minimum absolute atomic E-state index is 0.237. The molecule has 0 saturated carbocycles. The molecule has 0 unspecified atom stereocenters. The topological polar surface area (TPSA) is 60.9 Å². The highest BCUT2D eigenvalue weighted by molar-refractivity contribution is 7.22. The van der Waals surface area contributed by atoms with Crippen molar-refractivity contribution in [2.45, 2.75) is 0 Å². The molecule has 0 radical (unpaired) electrons. The number of thiazole rings is 1. The number of hydrogen-bond donors (Lipinski definition) is 0. The highest BCUT2D eigenvalue weighted by Crippen LogP contribution is 2.44. The zero-order valence-corrected chi connectivity index (χ0v) is 19.7. The SMILES string of the molecule is COc1cc(N(C(=O)c2ccc(Cl)cc2Cl)c2nc3ccccc3s2)cc(OC)c1OC. The first-order valence-electron chi connectivity index (χ1n) is 9.42. The van der Waals surface area contributed by atoms with E-state index in [1.807, 2.05) is 24.3 Å². The maximum absolute atomic E-state index is 13.8. The monoisotopic (exact) mass is 488 g/mol. The Balaban J connectivity index is 1.94. The molecule has 0 N–H and O–H groups in total. The van der Waals surface area contributed by atoms with Gasteiger partial charge in [0.1, 0.15) is 0 Å². The summed E-state index contributed by atoms with van der Waals surface area (Å²) in [5.41, 5.74) is 1.54. The summed E-state index contributed by atoms with van der Waals surface area (Å²) in [5.74, 6) is 0.853. The first-order chi connectivity index (χ1) is 15.5. The molecule has 0 saturated heterocycles. The zero-order valence-electron chi connectivity index (χ0n) is 17.4. The quantitative estimate of drug-likeness (QED) is 0.305. The standard InChI is InChI=1S/C23H18Cl2N2O4S/c1-29-18-11-14(12-19(30-2)21(18)31-3)27(22(28)15-9-8-13(24)10-16(15)25)23-26-17-6-4-5-7-20(17)32-23/h4-12H,1-3H3. The molecule has 0 bridgehead atoms. The number of halogens is 2. The Morgan fingerprint density at radius 2 is 1.62 bits per heavy atom. The summed E-state index contributed by atoms with van der Waals surface area (Å²) >= 11 is 13.8. The van der Waals surface area contributed by atoms with E-state index in [0.29, 0.717) is 33.1 Å². The largest absolute Gasteiger partial charge is 0.493 e. The average Bonchev–Trinajstić information content (AvgIpc) is 3.21. The lowest BCUT2D eigenvalue weighted by Crippen LogP contribution is -2.26. The van der Waals surface area contributed by atoms with Gasteiger partial charge in [-0.3, -0.25) is 9.69 Å². The Bertz CT molecular complexity index is 1250. The van der Waals surface area contributed by atoms with E-state index in [1.54, 1.807) is 24.3 Å². The molecular formula is C23H18Cl2N2O4S. The van der Waals surface area contributed by atoms with E-state index in [9.17, 15) is 4.79 Å². The Kier molecular flexibility index (Phi) is 6.41. The van der Waals surface area contributed by atoms with Crippen LogP contribution >= 0.6 is 34.5 Å². The number of para-hydroxylation sites is 1. The van der Waals surface area contributed by atoms with E-state index in [4.69, 9.17) is 37.4 Å². The molecule has 0 aliphatic heterocycles. The van der Waals surface area contributed by atoms with Gasteiger partial charge in [0.15, 0.2) is 16.6 Å². The minimum Gasteiger partial charge on any atom is -0.493 e. The van der Waals surface area contributed by atoms with E-state index in [1.165, 1.54) is 43.6 Å². The summed E-state index contributed by atoms with van der Waals surface area (Å²) in [7, 11) is 4.55. The fraction of sp³-hybridized carbons (Fsp3) is 0.130. The van der Waals surface area contributed by atoms with Gasteiger partial charge in [-0.15, -0.1) is 0 Å². The maximum atomic E-state index is 13.8. The van der Waals surface area contributed by atoms with E-state index < -0.39 is 0 Å². The Morgan fingerprint density at radius 1 is 0.938 bits per heavy atom. The van der Waals surface area contributed by atoms with Crippen molar-refractivity contribution in [3.05, 3.63) is 70.2 Å². The molecule has 1 aromatic heterocycles. The third-order valence-electron chi connectivity index (χ3n) is 4.75. The number of carbonyl (C=O) groups excluding carboxylic acids is 1. The Labute approximate surface area is 198 Å². The highest BCUT2D eigenvalue weighted by Gasteiger charge is 2.27. The van der Waals surface area contributed by atoms with Crippen molar-refractivity contribution in [1.29, 1.82) is 0 Å². The van der Waals surface area contributed by atoms with Crippen molar-refractivity contribution in [3.8, 4) is 17.2 Å². The molecule has 0 spiro atoms. The number of rotatable bonds is 6. The lowest BCUT2D eigenvalue weighted by molar-refractivity contribution is 0.0999. The second-order valence-electron chi connectivity index (χ2n) is 6.61. The second-order valence-corrected chi connectivity index (χ2v) is 8.47. The van der Waals surface area contributed by atoms with Gasteiger partial charge in [-0.05, 0) is 30.3 Å². The van der Waals surface area contributed by atoms with Gasteiger partial charge in [-0.25, -0.2) is 4.98 Å². The number of benzene rings is 3. The normalized spacial score (nSPS) is 10.8. The van der Waals surface area contributed by atoms with Crippen LogP contribution in [0.3, 0.4) is 0 Å². The van der Waals surface area contributed by atoms with Crippen LogP contribution in [0.15, 0.2) is 54.6 Å². The van der Waals surface area contributed by atoms with Crippen LogP contribution < -0.4 is 19.1 Å². The Hall–Kier alpha value is -3.00. The van der Waals surface area contributed by atoms with Crippen molar-refractivity contribution in [3.63, 3.8) is 0 Å². The number of carbonyl (C=O) groups is 1. The van der Waals surface area contributed by atoms with Gasteiger partial charge in [0.25, 0.3) is 5.91 Å². The Morgan fingerprint density at radius 3 is 2.22 bits per heavy atom. The van der Waals surface area contributed by atoms with Gasteiger partial charge in [0.2, 0.25) is 5.75 Å². The van der Waals surface area contributed by atoms with E-state index in [-0.39, 0.29) is 16.5 Å². The van der Waals surface area contributed by atoms with Crippen LogP contribution in [0, 0.1) is 0 Å². The molecule has 32 heavy (non-hydrogen) atoms. The molecule has 1 amide bonds. The highest BCUT2D eigenvalue weighted by atomic mass is 35.5. The van der Waals surface area contributed by atoms with Crippen molar-refractivity contribution in [2.24, 2.45) is 0 Å². The smallest absolute Gasteiger partial charge is 0.266 e. The zero-order chi connectivity index (χ0) is 22.8. The van der Waals surface area contributed by atoms with Gasteiger partial charge in [-0.2, -0.15) is 0 Å². The summed E-state index contributed by atoms with van der Waals surface area (Å²) in [6.07, 6.45) is 0. The summed E-state index contributed by atoms with van der Waals surface area (Å²) < 4.78 is 17.3. The van der Waals surface area contributed by atoms with Crippen LogP contribution in [0.5, 0.6) is 17.2 Å².